The van der Waals surface area contributed by atoms with Crippen molar-refractivity contribution in [2.75, 3.05) is 5.32 Å². The van der Waals surface area contributed by atoms with Crippen LogP contribution < -0.4 is 10.1 Å². The van der Waals surface area contributed by atoms with Gasteiger partial charge in [-0.15, -0.1) is 10.2 Å². The van der Waals surface area contributed by atoms with E-state index in [2.05, 4.69) is 20.3 Å². The van der Waals surface area contributed by atoms with Crippen molar-refractivity contribution >= 4 is 23.4 Å². The van der Waals surface area contributed by atoms with E-state index in [1.165, 1.54) is 30.2 Å². The Labute approximate surface area is 129 Å². The maximum Gasteiger partial charge on any atom is 0.387 e. The fourth-order valence-corrected chi connectivity index (χ4v) is 2.38. The van der Waals surface area contributed by atoms with Gasteiger partial charge in [-0.1, -0.05) is 23.9 Å². The number of anilines is 1. The predicted molar refractivity (Wildman–Crippen MR) is 78.0 cm³/mol. The van der Waals surface area contributed by atoms with E-state index in [-0.39, 0.29) is 17.3 Å². The molecule has 118 valence electrons. The molecule has 0 saturated carbocycles. The van der Waals surface area contributed by atoms with Gasteiger partial charge in [0.25, 0.3) is 0 Å². The molecule has 0 aliphatic rings. The Morgan fingerprint density at radius 1 is 1.41 bits per heavy atom. The van der Waals surface area contributed by atoms with Gasteiger partial charge in [0.2, 0.25) is 5.91 Å². The van der Waals surface area contributed by atoms with E-state index in [1.807, 2.05) is 0 Å². The number of hydrogen-bond acceptors (Lipinski definition) is 5. The fourth-order valence-electron chi connectivity index (χ4n) is 1.59. The topological polar surface area (TPSA) is 69.0 Å². The second kappa shape index (κ2) is 7.21. The van der Waals surface area contributed by atoms with Crippen molar-refractivity contribution < 1.29 is 18.3 Å². The van der Waals surface area contributed by atoms with E-state index in [0.717, 1.165) is 0 Å². The number of aromatic nitrogens is 3. The number of amides is 1. The quantitative estimate of drug-likeness (QED) is 0.825. The van der Waals surface area contributed by atoms with Gasteiger partial charge >= 0.3 is 6.61 Å². The molecule has 0 aliphatic heterocycles. The van der Waals surface area contributed by atoms with E-state index >= 15 is 0 Å². The SMILES string of the molecule is C[C@H](Sc1nncn1C)C(=O)Nc1ccccc1OC(F)F. The summed E-state index contributed by atoms with van der Waals surface area (Å²) in [5, 5.41) is 10.3. The van der Waals surface area contributed by atoms with Gasteiger partial charge in [0.1, 0.15) is 12.1 Å². The molecule has 0 aliphatic carbocycles. The Bertz CT molecular complexity index is 650. The smallest absolute Gasteiger partial charge is 0.387 e. The zero-order chi connectivity index (χ0) is 16.1. The average Bonchev–Trinajstić information content (AvgIpc) is 2.85. The number of halogens is 2. The van der Waals surface area contributed by atoms with Crippen molar-refractivity contribution in [3.63, 3.8) is 0 Å². The molecule has 22 heavy (non-hydrogen) atoms. The van der Waals surface area contributed by atoms with Crippen molar-refractivity contribution in [2.24, 2.45) is 7.05 Å². The Morgan fingerprint density at radius 3 is 2.77 bits per heavy atom. The fraction of sp³-hybridized carbons (Fsp3) is 0.308. The summed E-state index contributed by atoms with van der Waals surface area (Å²) < 4.78 is 30.7. The first-order chi connectivity index (χ1) is 10.5. The van der Waals surface area contributed by atoms with E-state index in [0.29, 0.717) is 5.16 Å². The third-order valence-corrected chi connectivity index (χ3v) is 3.83. The number of nitrogens with one attached hydrogen (secondary N) is 1. The number of hydrogen-bond donors (Lipinski definition) is 1. The highest BCUT2D eigenvalue weighted by Crippen LogP contribution is 2.27. The summed E-state index contributed by atoms with van der Waals surface area (Å²) >= 11 is 1.21. The van der Waals surface area contributed by atoms with Crippen LogP contribution >= 0.6 is 11.8 Å². The van der Waals surface area contributed by atoms with Crippen LogP contribution in [0, 0.1) is 0 Å². The monoisotopic (exact) mass is 328 g/mol. The van der Waals surface area contributed by atoms with Crippen molar-refractivity contribution in [1.29, 1.82) is 0 Å². The Hall–Kier alpha value is -2.16. The molecular weight excluding hydrogens is 314 g/mol. The third kappa shape index (κ3) is 4.17. The lowest BCUT2D eigenvalue weighted by Gasteiger charge is -2.14. The summed E-state index contributed by atoms with van der Waals surface area (Å²) in [5.41, 5.74) is 0.193. The number of carbonyl (C=O) groups excluding carboxylic acids is 1. The number of nitrogens with zero attached hydrogens (tertiary/aromatic N) is 3. The van der Waals surface area contributed by atoms with Crippen LogP contribution in [-0.2, 0) is 11.8 Å². The summed E-state index contributed by atoms with van der Waals surface area (Å²) in [6.45, 7) is -1.27. The van der Waals surface area contributed by atoms with Crippen LogP contribution in [0.5, 0.6) is 5.75 Å². The van der Waals surface area contributed by atoms with Gasteiger partial charge in [0.05, 0.1) is 10.9 Å². The molecule has 1 amide bonds. The first-order valence-corrected chi connectivity index (χ1v) is 7.20. The zero-order valence-electron chi connectivity index (χ0n) is 11.9. The number of thioether (sulfide) groups is 1. The molecule has 2 rings (SSSR count). The number of rotatable bonds is 6. The molecule has 1 aromatic carbocycles. The van der Waals surface area contributed by atoms with Crippen LogP contribution in [0.2, 0.25) is 0 Å². The molecular formula is C13H14F2N4O2S. The molecule has 1 atom stereocenters. The lowest BCUT2D eigenvalue weighted by atomic mass is 10.3. The number of aryl methyl sites for hydroxylation is 1. The minimum absolute atomic E-state index is 0.0818. The van der Waals surface area contributed by atoms with Gasteiger partial charge in [-0.2, -0.15) is 8.78 Å². The highest BCUT2D eigenvalue weighted by Gasteiger charge is 2.19. The van der Waals surface area contributed by atoms with Crippen LogP contribution in [-0.4, -0.2) is 32.5 Å². The second-order valence-corrected chi connectivity index (χ2v) is 5.66. The molecule has 0 fully saturated rings. The molecule has 1 heterocycles. The lowest BCUT2D eigenvalue weighted by Crippen LogP contribution is -2.23. The molecule has 0 bridgehead atoms. The molecule has 6 nitrogen and oxygen atoms in total. The van der Waals surface area contributed by atoms with Crippen molar-refractivity contribution in [3.05, 3.63) is 30.6 Å². The van der Waals surface area contributed by atoms with Crippen LogP contribution in [0.1, 0.15) is 6.92 Å². The van der Waals surface area contributed by atoms with Crippen molar-refractivity contribution in [2.45, 2.75) is 23.9 Å². The van der Waals surface area contributed by atoms with Crippen LogP contribution in [0.15, 0.2) is 35.7 Å². The van der Waals surface area contributed by atoms with Crippen molar-refractivity contribution in [1.82, 2.24) is 14.8 Å². The molecule has 1 N–H and O–H groups in total. The number of ether oxygens (including phenoxy) is 1. The average molecular weight is 328 g/mol. The minimum Gasteiger partial charge on any atom is -0.433 e. The summed E-state index contributed by atoms with van der Waals surface area (Å²) in [6.07, 6.45) is 1.53. The van der Waals surface area contributed by atoms with E-state index in [9.17, 15) is 13.6 Å². The summed E-state index contributed by atoms with van der Waals surface area (Å²) in [6, 6.07) is 6.02. The van der Waals surface area contributed by atoms with Crippen LogP contribution in [0.3, 0.4) is 0 Å². The standard InChI is InChI=1S/C13H14F2N4O2S/c1-8(22-13-18-16-7-19(13)2)11(20)17-9-5-3-4-6-10(9)21-12(14)15/h3-8,12H,1-2H3,(H,17,20)/t8-/m0/s1. The second-order valence-electron chi connectivity index (χ2n) is 4.35. The molecule has 0 saturated heterocycles. The van der Waals surface area contributed by atoms with Gasteiger partial charge in [-0.25, -0.2) is 0 Å². The largest absolute Gasteiger partial charge is 0.433 e. The van der Waals surface area contributed by atoms with Crippen molar-refractivity contribution in [3.8, 4) is 5.75 Å². The predicted octanol–water partition coefficient (Wildman–Crippen LogP) is 2.54. The van der Waals surface area contributed by atoms with E-state index in [4.69, 9.17) is 0 Å². The lowest BCUT2D eigenvalue weighted by molar-refractivity contribution is -0.115. The number of alkyl halides is 2. The molecule has 0 unspecified atom stereocenters. The number of benzene rings is 1. The number of para-hydroxylation sites is 2. The Balaban J connectivity index is 2.04. The van der Waals surface area contributed by atoms with Gasteiger partial charge in [-0.3, -0.25) is 4.79 Å². The van der Waals surface area contributed by atoms with Gasteiger partial charge in [0.15, 0.2) is 5.16 Å². The third-order valence-electron chi connectivity index (χ3n) is 2.68. The van der Waals surface area contributed by atoms with Gasteiger partial charge < -0.3 is 14.6 Å². The Morgan fingerprint density at radius 2 is 2.14 bits per heavy atom. The van der Waals surface area contributed by atoms with Crippen LogP contribution in [0.25, 0.3) is 0 Å². The molecule has 0 radical (unpaired) electrons. The first-order valence-electron chi connectivity index (χ1n) is 6.32. The van der Waals surface area contributed by atoms with E-state index in [1.54, 1.807) is 30.7 Å². The summed E-state index contributed by atoms with van der Waals surface area (Å²) in [5.74, 6) is -0.431. The highest BCUT2D eigenvalue weighted by atomic mass is 32.2. The Kier molecular flexibility index (Phi) is 5.31. The van der Waals surface area contributed by atoms with E-state index < -0.39 is 11.9 Å². The zero-order valence-corrected chi connectivity index (χ0v) is 12.7. The molecule has 9 heteroatoms. The van der Waals surface area contributed by atoms with Gasteiger partial charge in [-0.05, 0) is 19.1 Å². The maximum absolute atomic E-state index is 12.3. The summed E-state index contributed by atoms with van der Waals surface area (Å²) in [4.78, 5) is 12.2. The normalized spacial score (nSPS) is 12.2. The number of carbonyl (C=O) groups is 1. The van der Waals surface area contributed by atoms with Gasteiger partial charge in [0, 0.05) is 7.05 Å². The first kappa shape index (κ1) is 16.2. The molecule has 1 aromatic heterocycles. The summed E-state index contributed by atoms with van der Waals surface area (Å²) in [7, 11) is 1.76. The maximum atomic E-state index is 12.3. The van der Waals surface area contributed by atoms with Crippen LogP contribution in [0.4, 0.5) is 14.5 Å². The molecule has 2 aromatic rings. The minimum atomic E-state index is -2.96. The molecule has 0 spiro atoms. The highest BCUT2D eigenvalue weighted by molar-refractivity contribution is 8.00.